The maximum absolute atomic E-state index is 12.6. The molecule has 1 aromatic heterocycles. The van der Waals surface area contributed by atoms with Crippen molar-refractivity contribution in [2.45, 2.75) is 13.0 Å². The van der Waals surface area contributed by atoms with Crippen LogP contribution in [0.25, 0.3) is 11.0 Å². The van der Waals surface area contributed by atoms with E-state index >= 15 is 0 Å². The van der Waals surface area contributed by atoms with Crippen LogP contribution >= 0.6 is 11.6 Å². The summed E-state index contributed by atoms with van der Waals surface area (Å²) in [6.07, 6.45) is 1.24. The van der Waals surface area contributed by atoms with Gasteiger partial charge >= 0.3 is 0 Å². The summed E-state index contributed by atoms with van der Waals surface area (Å²) in [4.78, 5) is 4.95. The van der Waals surface area contributed by atoms with E-state index in [-0.39, 0.29) is 0 Å². The van der Waals surface area contributed by atoms with Gasteiger partial charge in [-0.25, -0.2) is 13.4 Å². The second kappa shape index (κ2) is 5.61. The fourth-order valence-corrected chi connectivity index (χ4v) is 4.75. The summed E-state index contributed by atoms with van der Waals surface area (Å²) in [6, 6.07) is 14.5. The van der Waals surface area contributed by atoms with Crippen LogP contribution in [0.4, 0.5) is 5.95 Å². The van der Waals surface area contributed by atoms with E-state index in [4.69, 9.17) is 11.6 Å². The van der Waals surface area contributed by atoms with E-state index in [0.29, 0.717) is 21.6 Å². The zero-order chi connectivity index (χ0) is 17.8. The molecule has 1 N–H and O–H groups in total. The number of allylic oxidation sites excluding steroid dienone is 2. The predicted molar refractivity (Wildman–Crippen MR) is 100 cm³/mol. The Hall–Kier alpha value is -2.31. The number of nitrogens with one attached hydrogen (secondary N) is 1. The van der Waals surface area contributed by atoms with Crippen molar-refractivity contribution in [1.82, 2.24) is 9.55 Å². The highest BCUT2D eigenvalue weighted by molar-refractivity contribution is 7.94. The van der Waals surface area contributed by atoms with Gasteiger partial charge in [0.25, 0.3) is 0 Å². The first-order valence-electron chi connectivity index (χ1n) is 7.76. The fraction of sp³-hybridized carbons (Fsp3) is 0.167. The lowest BCUT2D eigenvalue weighted by Crippen LogP contribution is -2.27. The Morgan fingerprint density at radius 1 is 1.12 bits per heavy atom. The van der Waals surface area contributed by atoms with Gasteiger partial charge < -0.3 is 5.32 Å². The molecule has 0 saturated carbocycles. The molecule has 3 aromatic rings. The van der Waals surface area contributed by atoms with E-state index in [1.807, 2.05) is 41.0 Å². The molecular formula is C18H16ClN3O2S. The number of hydrogen-bond donors (Lipinski definition) is 1. The van der Waals surface area contributed by atoms with Crippen LogP contribution in [0.5, 0.6) is 0 Å². The molecule has 0 spiro atoms. The molecule has 1 aliphatic rings. The SMILES string of the molecule is CC1=C(S(C)(=O)=O)C(c2ccc(Cl)cc2)n2c(nc3ccccc32)N1. The summed E-state index contributed by atoms with van der Waals surface area (Å²) in [5.74, 6) is 0.631. The quantitative estimate of drug-likeness (QED) is 0.738. The van der Waals surface area contributed by atoms with Gasteiger partial charge in [-0.05, 0) is 36.8 Å². The minimum Gasteiger partial charge on any atom is -0.328 e. The van der Waals surface area contributed by atoms with E-state index in [1.165, 1.54) is 6.26 Å². The number of anilines is 1. The van der Waals surface area contributed by atoms with Crippen LogP contribution in [0.1, 0.15) is 18.5 Å². The maximum atomic E-state index is 12.6. The third-order valence-electron chi connectivity index (χ3n) is 4.36. The van der Waals surface area contributed by atoms with E-state index in [1.54, 1.807) is 19.1 Å². The van der Waals surface area contributed by atoms with Gasteiger partial charge in [0.15, 0.2) is 9.84 Å². The molecule has 1 atom stereocenters. The number of imidazole rings is 1. The van der Waals surface area contributed by atoms with Crippen molar-refractivity contribution in [2.75, 3.05) is 11.6 Å². The molecule has 1 aliphatic heterocycles. The fourth-order valence-electron chi connectivity index (χ4n) is 3.37. The zero-order valence-electron chi connectivity index (χ0n) is 13.7. The van der Waals surface area contributed by atoms with Crippen molar-refractivity contribution < 1.29 is 8.42 Å². The molecule has 25 heavy (non-hydrogen) atoms. The summed E-state index contributed by atoms with van der Waals surface area (Å²) in [6.45, 7) is 1.77. The number of fused-ring (bicyclic) bond motifs is 3. The Labute approximate surface area is 150 Å². The van der Waals surface area contributed by atoms with Gasteiger partial charge in [0.05, 0.1) is 22.0 Å². The van der Waals surface area contributed by atoms with Crippen LogP contribution in [-0.2, 0) is 9.84 Å². The average molecular weight is 374 g/mol. The molecule has 0 bridgehead atoms. The van der Waals surface area contributed by atoms with Gasteiger partial charge in [-0.15, -0.1) is 0 Å². The lowest BCUT2D eigenvalue weighted by atomic mass is 10.0. The van der Waals surface area contributed by atoms with Gasteiger partial charge in [0.2, 0.25) is 5.95 Å². The van der Waals surface area contributed by atoms with Gasteiger partial charge in [-0.1, -0.05) is 35.9 Å². The van der Waals surface area contributed by atoms with Crippen molar-refractivity contribution in [3.63, 3.8) is 0 Å². The summed E-state index contributed by atoms with van der Waals surface area (Å²) in [7, 11) is -3.44. The first kappa shape index (κ1) is 16.2. The lowest BCUT2D eigenvalue weighted by Gasteiger charge is -2.30. The second-order valence-corrected chi connectivity index (χ2v) is 8.56. The summed E-state index contributed by atoms with van der Waals surface area (Å²) in [5, 5.41) is 3.75. The van der Waals surface area contributed by atoms with Crippen molar-refractivity contribution >= 4 is 38.4 Å². The van der Waals surface area contributed by atoms with E-state index in [0.717, 1.165) is 16.6 Å². The number of halogens is 1. The minimum absolute atomic E-state index is 0.338. The van der Waals surface area contributed by atoms with E-state index in [9.17, 15) is 8.42 Å². The molecule has 128 valence electrons. The Morgan fingerprint density at radius 2 is 1.80 bits per heavy atom. The number of aromatic nitrogens is 2. The predicted octanol–water partition coefficient (Wildman–Crippen LogP) is 3.98. The van der Waals surface area contributed by atoms with E-state index in [2.05, 4.69) is 10.3 Å². The van der Waals surface area contributed by atoms with Crippen molar-refractivity contribution in [1.29, 1.82) is 0 Å². The monoisotopic (exact) mass is 373 g/mol. The van der Waals surface area contributed by atoms with Crippen LogP contribution < -0.4 is 5.32 Å². The van der Waals surface area contributed by atoms with Crippen molar-refractivity contribution in [3.8, 4) is 0 Å². The number of benzene rings is 2. The molecule has 0 aliphatic carbocycles. The second-order valence-electron chi connectivity index (χ2n) is 6.13. The molecule has 4 rings (SSSR count). The molecule has 2 aromatic carbocycles. The summed E-state index contributed by atoms with van der Waals surface area (Å²) < 4.78 is 27.0. The topological polar surface area (TPSA) is 64.0 Å². The van der Waals surface area contributed by atoms with Crippen LogP contribution in [0.2, 0.25) is 5.02 Å². The summed E-state index contributed by atoms with van der Waals surface area (Å²) >= 11 is 6.02. The number of hydrogen-bond acceptors (Lipinski definition) is 4. The third-order valence-corrected chi connectivity index (χ3v) is 5.94. The molecule has 0 saturated heterocycles. The van der Waals surface area contributed by atoms with E-state index < -0.39 is 15.9 Å². The normalized spacial score (nSPS) is 17.5. The zero-order valence-corrected chi connectivity index (χ0v) is 15.3. The number of sulfone groups is 1. The van der Waals surface area contributed by atoms with Gasteiger partial charge in [0.1, 0.15) is 0 Å². The number of rotatable bonds is 2. The van der Waals surface area contributed by atoms with Crippen LogP contribution in [0, 0.1) is 0 Å². The molecule has 0 radical (unpaired) electrons. The smallest absolute Gasteiger partial charge is 0.209 e. The number of para-hydroxylation sites is 2. The average Bonchev–Trinajstić information content (AvgIpc) is 2.91. The molecular weight excluding hydrogens is 358 g/mol. The molecule has 2 heterocycles. The van der Waals surface area contributed by atoms with Gasteiger partial charge in [0, 0.05) is 17.0 Å². The summed E-state index contributed by atoms with van der Waals surface area (Å²) in [5.41, 5.74) is 3.12. The first-order valence-corrected chi connectivity index (χ1v) is 10.0. The van der Waals surface area contributed by atoms with Crippen LogP contribution in [0.15, 0.2) is 59.1 Å². The third kappa shape index (κ3) is 2.62. The Morgan fingerprint density at radius 3 is 2.48 bits per heavy atom. The van der Waals surface area contributed by atoms with Crippen LogP contribution in [0.3, 0.4) is 0 Å². The Balaban J connectivity index is 2.06. The molecule has 1 unspecified atom stereocenters. The highest BCUT2D eigenvalue weighted by Gasteiger charge is 2.35. The molecule has 7 heteroatoms. The van der Waals surface area contributed by atoms with Crippen molar-refractivity contribution in [3.05, 3.63) is 69.7 Å². The maximum Gasteiger partial charge on any atom is 0.209 e. The van der Waals surface area contributed by atoms with Gasteiger partial charge in [-0.3, -0.25) is 4.57 Å². The Kier molecular flexibility index (Phi) is 3.63. The number of nitrogens with zero attached hydrogens (tertiary/aromatic N) is 2. The first-order chi connectivity index (χ1) is 11.9. The lowest BCUT2D eigenvalue weighted by molar-refractivity contribution is 0.594. The molecule has 5 nitrogen and oxygen atoms in total. The molecule has 0 amide bonds. The highest BCUT2D eigenvalue weighted by atomic mass is 35.5. The largest absolute Gasteiger partial charge is 0.328 e. The molecule has 0 fully saturated rings. The Bertz CT molecular complexity index is 1110. The highest BCUT2D eigenvalue weighted by Crippen LogP contribution is 2.41. The minimum atomic E-state index is -3.44. The standard InChI is InChI=1S/C18H16ClN3O2S/c1-11-17(25(2,23)24)16(12-7-9-13(19)10-8-12)22-15-6-4-3-5-14(15)21-18(22)20-11/h3-10,16H,1-2H3,(H,20,21). The van der Waals surface area contributed by atoms with Crippen LogP contribution in [-0.4, -0.2) is 24.2 Å². The van der Waals surface area contributed by atoms with Crippen molar-refractivity contribution in [2.24, 2.45) is 0 Å². The van der Waals surface area contributed by atoms with Gasteiger partial charge in [-0.2, -0.15) is 0 Å².